The molecule has 0 aliphatic rings. The summed E-state index contributed by atoms with van der Waals surface area (Å²) in [5, 5.41) is 2.96. The number of hydrogen-bond acceptors (Lipinski definition) is 4. The van der Waals surface area contributed by atoms with Crippen molar-refractivity contribution in [2.24, 2.45) is 0 Å². The van der Waals surface area contributed by atoms with E-state index in [1.165, 1.54) is 0 Å². The van der Waals surface area contributed by atoms with Gasteiger partial charge < -0.3 is 14.8 Å². The molecule has 1 aromatic heterocycles. The molecule has 1 amide bonds. The molecule has 0 saturated heterocycles. The first kappa shape index (κ1) is 19.4. The highest BCUT2D eigenvalue weighted by Gasteiger charge is 2.33. The number of aromatic nitrogens is 1. The number of carbonyl (C=O) groups excluding carboxylic acids is 1. The number of nitrogens with one attached hydrogen (secondary N) is 1. The Hall–Kier alpha value is -1.62. The fourth-order valence-corrected chi connectivity index (χ4v) is 2.25. The number of rotatable bonds is 10. The van der Waals surface area contributed by atoms with Gasteiger partial charge in [0.15, 0.2) is 0 Å². The van der Waals surface area contributed by atoms with Crippen molar-refractivity contribution in [1.29, 1.82) is 0 Å². The fourth-order valence-electron chi connectivity index (χ4n) is 2.25. The molecule has 1 atom stereocenters. The van der Waals surface area contributed by atoms with Crippen LogP contribution < -0.4 is 10.1 Å². The highest BCUT2D eigenvalue weighted by molar-refractivity contribution is 5.97. The van der Waals surface area contributed by atoms with Crippen LogP contribution in [0.3, 0.4) is 0 Å². The first-order chi connectivity index (χ1) is 11.0. The van der Waals surface area contributed by atoms with E-state index < -0.39 is 5.60 Å². The summed E-state index contributed by atoms with van der Waals surface area (Å²) in [6, 6.07) is 3.59. The number of hydrogen-bond donors (Lipinski definition) is 1. The number of pyridine rings is 1. The summed E-state index contributed by atoms with van der Waals surface area (Å²) in [6.45, 7) is 10.9. The Morgan fingerprint density at radius 2 is 2.00 bits per heavy atom. The van der Waals surface area contributed by atoms with E-state index in [1.54, 1.807) is 6.07 Å². The molecule has 0 aliphatic carbocycles. The molecule has 1 aromatic rings. The third-order valence-corrected chi connectivity index (χ3v) is 3.71. The van der Waals surface area contributed by atoms with Gasteiger partial charge >= 0.3 is 0 Å². The Morgan fingerprint density at radius 1 is 1.26 bits per heavy atom. The van der Waals surface area contributed by atoms with Gasteiger partial charge in [-0.05, 0) is 39.7 Å². The predicted octanol–water partition coefficient (Wildman–Crippen LogP) is 4.10. The van der Waals surface area contributed by atoms with E-state index in [-0.39, 0.29) is 5.91 Å². The first-order valence-corrected chi connectivity index (χ1v) is 8.52. The third-order valence-electron chi connectivity index (χ3n) is 3.71. The van der Waals surface area contributed by atoms with Gasteiger partial charge in [-0.3, -0.25) is 4.79 Å². The van der Waals surface area contributed by atoms with Gasteiger partial charge in [-0.25, -0.2) is 4.98 Å². The van der Waals surface area contributed by atoms with Crippen LogP contribution in [-0.4, -0.2) is 29.7 Å². The lowest BCUT2D eigenvalue weighted by Crippen LogP contribution is -2.43. The zero-order chi connectivity index (χ0) is 17.3. The molecule has 0 radical (unpaired) electrons. The lowest BCUT2D eigenvalue weighted by atomic mass is 9.97. The molecule has 0 spiro atoms. The maximum Gasteiger partial charge on any atom is 0.256 e. The van der Waals surface area contributed by atoms with Gasteiger partial charge in [-0.15, -0.1) is 0 Å². The maximum atomic E-state index is 12.7. The Labute approximate surface area is 139 Å². The lowest BCUT2D eigenvalue weighted by molar-refractivity contribution is -0.140. The standard InChI is InChI=1S/C18H30N2O3/c1-6-9-12-18(5,23-13-7-2)17(21)20-15-10-11-16(22-8-3)19-14(15)4/h10-11H,6-9,12-13H2,1-5H3,(H,20,21). The van der Waals surface area contributed by atoms with Crippen molar-refractivity contribution < 1.29 is 14.3 Å². The number of amides is 1. The van der Waals surface area contributed by atoms with Crippen molar-refractivity contribution in [3.05, 3.63) is 17.8 Å². The molecule has 0 saturated carbocycles. The van der Waals surface area contributed by atoms with Crippen LogP contribution in [-0.2, 0) is 9.53 Å². The Balaban J connectivity index is 2.84. The summed E-state index contributed by atoms with van der Waals surface area (Å²) < 4.78 is 11.2. The van der Waals surface area contributed by atoms with Crippen molar-refractivity contribution in [3.8, 4) is 5.88 Å². The van der Waals surface area contributed by atoms with E-state index in [0.717, 1.165) is 25.0 Å². The maximum absolute atomic E-state index is 12.7. The van der Waals surface area contributed by atoms with Crippen LogP contribution in [0.25, 0.3) is 0 Å². The normalized spacial score (nSPS) is 13.4. The summed E-state index contributed by atoms with van der Waals surface area (Å²) in [5.74, 6) is 0.451. The average Bonchev–Trinajstić information content (AvgIpc) is 2.53. The molecular formula is C18H30N2O3. The fraction of sp³-hybridized carbons (Fsp3) is 0.667. The van der Waals surface area contributed by atoms with Crippen molar-refractivity contribution in [1.82, 2.24) is 4.98 Å². The molecule has 5 nitrogen and oxygen atoms in total. The Bertz CT molecular complexity index is 495. The monoisotopic (exact) mass is 322 g/mol. The summed E-state index contributed by atoms with van der Waals surface area (Å²) in [4.78, 5) is 17.1. The van der Waals surface area contributed by atoms with Crippen LogP contribution >= 0.6 is 0 Å². The van der Waals surface area contributed by atoms with E-state index in [2.05, 4.69) is 17.2 Å². The molecular weight excluding hydrogens is 292 g/mol. The van der Waals surface area contributed by atoms with E-state index in [9.17, 15) is 4.79 Å². The molecule has 23 heavy (non-hydrogen) atoms. The molecule has 5 heteroatoms. The third kappa shape index (κ3) is 5.82. The first-order valence-electron chi connectivity index (χ1n) is 8.52. The molecule has 0 aromatic carbocycles. The van der Waals surface area contributed by atoms with Gasteiger partial charge in [0.05, 0.1) is 18.0 Å². The van der Waals surface area contributed by atoms with Crippen molar-refractivity contribution in [3.63, 3.8) is 0 Å². The van der Waals surface area contributed by atoms with Gasteiger partial charge in [-0.2, -0.15) is 0 Å². The zero-order valence-electron chi connectivity index (χ0n) is 15.1. The topological polar surface area (TPSA) is 60.5 Å². The van der Waals surface area contributed by atoms with Gasteiger partial charge in [-0.1, -0.05) is 26.7 Å². The van der Waals surface area contributed by atoms with Crippen LogP contribution in [0, 0.1) is 6.92 Å². The molecule has 1 rings (SSSR count). The van der Waals surface area contributed by atoms with Gasteiger partial charge in [0.1, 0.15) is 5.60 Å². The van der Waals surface area contributed by atoms with Gasteiger partial charge in [0.2, 0.25) is 5.88 Å². The number of aryl methyl sites for hydroxylation is 1. The second-order valence-corrected chi connectivity index (χ2v) is 5.85. The summed E-state index contributed by atoms with van der Waals surface area (Å²) in [7, 11) is 0. The minimum absolute atomic E-state index is 0.117. The van der Waals surface area contributed by atoms with Gasteiger partial charge in [0, 0.05) is 12.7 Å². The molecule has 1 unspecified atom stereocenters. The van der Waals surface area contributed by atoms with Crippen LogP contribution in [0.5, 0.6) is 5.88 Å². The number of unbranched alkanes of at least 4 members (excludes halogenated alkanes) is 1. The molecule has 1 heterocycles. The highest BCUT2D eigenvalue weighted by Crippen LogP contribution is 2.24. The average molecular weight is 322 g/mol. The molecule has 0 fully saturated rings. The van der Waals surface area contributed by atoms with Crippen LogP contribution in [0.15, 0.2) is 12.1 Å². The van der Waals surface area contributed by atoms with E-state index in [4.69, 9.17) is 9.47 Å². The minimum Gasteiger partial charge on any atom is -0.478 e. The van der Waals surface area contributed by atoms with Crippen molar-refractivity contribution >= 4 is 11.6 Å². The zero-order valence-corrected chi connectivity index (χ0v) is 15.1. The number of ether oxygens (including phenoxy) is 2. The molecule has 0 aliphatic heterocycles. The van der Waals surface area contributed by atoms with Crippen molar-refractivity contribution in [2.45, 2.75) is 65.9 Å². The van der Waals surface area contributed by atoms with Gasteiger partial charge in [0.25, 0.3) is 5.91 Å². The minimum atomic E-state index is -0.808. The second kappa shape index (κ2) is 9.50. The largest absolute Gasteiger partial charge is 0.478 e. The number of anilines is 1. The molecule has 130 valence electrons. The molecule has 1 N–H and O–H groups in total. The highest BCUT2D eigenvalue weighted by atomic mass is 16.5. The number of nitrogens with zero attached hydrogens (tertiary/aromatic N) is 1. The lowest BCUT2D eigenvalue weighted by Gasteiger charge is -2.29. The summed E-state index contributed by atoms with van der Waals surface area (Å²) in [6.07, 6.45) is 3.58. The number of carbonyl (C=O) groups is 1. The van der Waals surface area contributed by atoms with Crippen LogP contribution in [0.2, 0.25) is 0 Å². The summed E-state index contributed by atoms with van der Waals surface area (Å²) in [5.41, 5.74) is 0.621. The smallest absolute Gasteiger partial charge is 0.256 e. The molecule has 0 bridgehead atoms. The SMILES string of the molecule is CCCCC(C)(OCCC)C(=O)Nc1ccc(OCC)nc1C. The Kier molecular flexibility index (Phi) is 8.03. The van der Waals surface area contributed by atoms with Crippen LogP contribution in [0.1, 0.15) is 59.1 Å². The quantitative estimate of drug-likeness (QED) is 0.704. The predicted molar refractivity (Wildman–Crippen MR) is 92.9 cm³/mol. The van der Waals surface area contributed by atoms with Crippen molar-refractivity contribution in [2.75, 3.05) is 18.5 Å². The Morgan fingerprint density at radius 3 is 2.57 bits per heavy atom. The van der Waals surface area contributed by atoms with Crippen LogP contribution in [0.4, 0.5) is 5.69 Å². The second-order valence-electron chi connectivity index (χ2n) is 5.85. The summed E-state index contributed by atoms with van der Waals surface area (Å²) >= 11 is 0. The van der Waals surface area contributed by atoms with E-state index >= 15 is 0 Å². The van der Waals surface area contributed by atoms with E-state index in [1.807, 2.05) is 33.8 Å². The van der Waals surface area contributed by atoms with E-state index in [0.29, 0.717) is 31.2 Å².